The van der Waals surface area contributed by atoms with E-state index in [0.717, 1.165) is 6.07 Å². The minimum Gasteiger partial charge on any atom is -0.383 e. The van der Waals surface area contributed by atoms with Crippen LogP contribution in [0.4, 0.5) is 13.2 Å². The van der Waals surface area contributed by atoms with Crippen molar-refractivity contribution in [2.24, 2.45) is 11.8 Å². The number of aliphatic hydroxyl groups is 1. The van der Waals surface area contributed by atoms with Gasteiger partial charge in [-0.2, -0.15) is 0 Å². The van der Waals surface area contributed by atoms with Gasteiger partial charge in [0.25, 0.3) is 0 Å². The maximum absolute atomic E-state index is 14.7. The van der Waals surface area contributed by atoms with Crippen LogP contribution in [-0.2, 0) is 10.4 Å². The van der Waals surface area contributed by atoms with Gasteiger partial charge in [0.2, 0.25) is 5.91 Å². The first-order valence-electron chi connectivity index (χ1n) is 11.6. The van der Waals surface area contributed by atoms with E-state index >= 15 is 0 Å². The van der Waals surface area contributed by atoms with Gasteiger partial charge in [0.1, 0.15) is 23.1 Å². The summed E-state index contributed by atoms with van der Waals surface area (Å²) in [7, 11) is 0. The monoisotopic (exact) mass is 496 g/mol. The third-order valence-electron chi connectivity index (χ3n) is 7.75. The lowest BCUT2D eigenvalue weighted by atomic mass is 9.72. The molecule has 0 spiro atoms. The molecule has 0 bridgehead atoms. The predicted molar refractivity (Wildman–Crippen MR) is 127 cm³/mol. The number of amides is 1. The SMILES string of the molecule is CCN1C[C@@H](C(=O)N2CC[C@H](C)[C@@](O)(c3cccc(F)c3)[C@@H]2C)[C@H](c2ccc(F)cc2F)C1.Cl. The van der Waals surface area contributed by atoms with E-state index in [0.29, 0.717) is 43.7 Å². The molecule has 2 heterocycles. The number of carbonyl (C=O) groups excluding carboxylic acids is 1. The Hall–Kier alpha value is -2.09. The van der Waals surface area contributed by atoms with Gasteiger partial charge < -0.3 is 14.9 Å². The molecule has 8 heteroatoms. The summed E-state index contributed by atoms with van der Waals surface area (Å²) in [6.07, 6.45) is 0.558. The Morgan fingerprint density at radius 2 is 1.79 bits per heavy atom. The van der Waals surface area contributed by atoms with Crippen LogP contribution in [0.25, 0.3) is 0 Å². The number of nitrogens with zero attached hydrogens (tertiary/aromatic N) is 2. The molecule has 2 aliphatic rings. The number of hydrogen-bond acceptors (Lipinski definition) is 3. The Kier molecular flexibility index (Phi) is 8.00. The van der Waals surface area contributed by atoms with Crippen molar-refractivity contribution < 1.29 is 23.1 Å². The number of hydrogen-bond donors (Lipinski definition) is 1. The van der Waals surface area contributed by atoms with E-state index in [9.17, 15) is 23.1 Å². The molecule has 2 fully saturated rings. The number of likely N-dealkylation sites (tertiary alicyclic amines) is 2. The van der Waals surface area contributed by atoms with Crippen molar-refractivity contribution in [3.05, 3.63) is 71.0 Å². The smallest absolute Gasteiger partial charge is 0.227 e. The fraction of sp³-hybridized carbons (Fsp3) is 0.500. The maximum atomic E-state index is 14.7. The minimum atomic E-state index is -1.41. The van der Waals surface area contributed by atoms with E-state index in [4.69, 9.17) is 0 Å². The normalized spacial score (nSPS) is 29.7. The van der Waals surface area contributed by atoms with Gasteiger partial charge in [-0.05, 0) is 55.1 Å². The van der Waals surface area contributed by atoms with E-state index < -0.39 is 40.9 Å². The van der Waals surface area contributed by atoms with Crippen LogP contribution in [0.2, 0.25) is 0 Å². The first kappa shape index (κ1) is 26.5. The Labute approximate surface area is 205 Å². The van der Waals surface area contributed by atoms with Crippen LogP contribution >= 0.6 is 12.4 Å². The summed E-state index contributed by atoms with van der Waals surface area (Å²) in [6, 6.07) is 8.83. The molecule has 2 saturated heterocycles. The van der Waals surface area contributed by atoms with Crippen LogP contribution in [0.5, 0.6) is 0 Å². The van der Waals surface area contributed by atoms with Crippen LogP contribution in [0.1, 0.15) is 44.2 Å². The molecule has 1 N–H and O–H groups in total. The van der Waals surface area contributed by atoms with E-state index in [2.05, 4.69) is 4.90 Å². The quantitative estimate of drug-likeness (QED) is 0.667. The number of likely N-dealkylation sites (N-methyl/N-ethyl adjacent to an activating group) is 1. The van der Waals surface area contributed by atoms with Crippen molar-refractivity contribution >= 4 is 18.3 Å². The van der Waals surface area contributed by atoms with Gasteiger partial charge in [0, 0.05) is 31.6 Å². The predicted octanol–water partition coefficient (Wildman–Crippen LogP) is 4.71. The molecule has 0 aliphatic carbocycles. The summed E-state index contributed by atoms with van der Waals surface area (Å²) in [5, 5.41) is 11.7. The molecule has 4 nitrogen and oxygen atoms in total. The highest BCUT2D eigenvalue weighted by atomic mass is 35.5. The fourth-order valence-electron chi connectivity index (χ4n) is 5.68. The van der Waals surface area contributed by atoms with Gasteiger partial charge in [0.05, 0.1) is 12.0 Å². The largest absolute Gasteiger partial charge is 0.383 e. The second-order valence-electron chi connectivity index (χ2n) is 9.46. The molecule has 0 aromatic heterocycles. The van der Waals surface area contributed by atoms with Crippen LogP contribution in [0.3, 0.4) is 0 Å². The zero-order chi connectivity index (χ0) is 23.9. The molecule has 186 valence electrons. The average molecular weight is 497 g/mol. The molecule has 4 rings (SSSR count). The highest BCUT2D eigenvalue weighted by Crippen LogP contribution is 2.43. The molecule has 2 aromatic carbocycles. The number of benzene rings is 2. The van der Waals surface area contributed by atoms with Crippen LogP contribution in [0.15, 0.2) is 42.5 Å². The molecule has 1 amide bonds. The van der Waals surface area contributed by atoms with E-state index in [1.807, 2.05) is 13.8 Å². The second kappa shape index (κ2) is 10.3. The van der Waals surface area contributed by atoms with Crippen molar-refractivity contribution in [2.75, 3.05) is 26.2 Å². The van der Waals surface area contributed by atoms with Crippen molar-refractivity contribution in [3.63, 3.8) is 0 Å². The van der Waals surface area contributed by atoms with Crippen LogP contribution < -0.4 is 0 Å². The zero-order valence-electron chi connectivity index (χ0n) is 19.7. The van der Waals surface area contributed by atoms with Crippen LogP contribution in [0, 0.1) is 29.3 Å². The lowest BCUT2D eigenvalue weighted by Gasteiger charge is -2.50. The van der Waals surface area contributed by atoms with Gasteiger partial charge in [-0.15, -0.1) is 12.4 Å². The first-order valence-corrected chi connectivity index (χ1v) is 11.6. The maximum Gasteiger partial charge on any atom is 0.227 e. The summed E-state index contributed by atoms with van der Waals surface area (Å²) in [5.41, 5.74) is -0.623. The lowest BCUT2D eigenvalue weighted by molar-refractivity contribution is -0.159. The Balaban J connectivity index is 0.00000324. The van der Waals surface area contributed by atoms with E-state index in [1.165, 1.54) is 24.3 Å². The number of halogens is 4. The lowest BCUT2D eigenvalue weighted by Crippen LogP contribution is -2.60. The second-order valence-corrected chi connectivity index (χ2v) is 9.46. The molecule has 0 radical (unpaired) electrons. The van der Waals surface area contributed by atoms with Crippen molar-refractivity contribution in [1.82, 2.24) is 9.80 Å². The molecule has 2 aromatic rings. The van der Waals surface area contributed by atoms with E-state index in [-0.39, 0.29) is 24.2 Å². The Bertz CT molecular complexity index is 1040. The van der Waals surface area contributed by atoms with Crippen molar-refractivity contribution in [1.29, 1.82) is 0 Å². The van der Waals surface area contributed by atoms with Gasteiger partial charge >= 0.3 is 0 Å². The standard InChI is InChI=1S/C26H31F3N2O2.ClH/c1-4-30-14-22(21-9-8-20(28)13-24(21)29)23(15-30)25(32)31-11-10-16(2)26(33,17(31)3)18-6-5-7-19(27)12-18;/h5-9,12-13,16-17,22-23,33H,4,10-11,14-15H2,1-3H3;1H/t16-,17-,22-,23+,26-;/m0./s1. The summed E-state index contributed by atoms with van der Waals surface area (Å²) in [5.74, 6) is -3.00. The number of rotatable bonds is 4. The fourth-order valence-corrected chi connectivity index (χ4v) is 5.68. The van der Waals surface area contributed by atoms with E-state index in [1.54, 1.807) is 24.0 Å². The molecular formula is C26H32ClF3N2O2. The molecule has 2 aliphatic heterocycles. The third kappa shape index (κ3) is 4.58. The third-order valence-corrected chi connectivity index (χ3v) is 7.75. The summed E-state index contributed by atoms with van der Waals surface area (Å²) in [4.78, 5) is 17.6. The molecular weight excluding hydrogens is 465 g/mol. The number of piperidine rings is 1. The molecule has 0 saturated carbocycles. The molecule has 0 unspecified atom stereocenters. The minimum absolute atomic E-state index is 0. The van der Waals surface area contributed by atoms with Gasteiger partial charge in [-0.25, -0.2) is 13.2 Å². The van der Waals surface area contributed by atoms with Crippen molar-refractivity contribution in [2.45, 2.75) is 44.8 Å². The summed E-state index contributed by atoms with van der Waals surface area (Å²) in [6.45, 7) is 7.82. The average Bonchev–Trinajstić information content (AvgIpc) is 3.21. The first-order chi connectivity index (χ1) is 15.7. The topological polar surface area (TPSA) is 43.8 Å². The Morgan fingerprint density at radius 1 is 1.09 bits per heavy atom. The Morgan fingerprint density at radius 3 is 2.44 bits per heavy atom. The highest BCUT2D eigenvalue weighted by molar-refractivity contribution is 5.85. The van der Waals surface area contributed by atoms with Gasteiger partial charge in [-0.1, -0.05) is 32.0 Å². The van der Waals surface area contributed by atoms with Crippen LogP contribution in [-0.4, -0.2) is 53.0 Å². The summed E-state index contributed by atoms with van der Waals surface area (Å²) >= 11 is 0. The molecule has 34 heavy (non-hydrogen) atoms. The molecule has 5 atom stereocenters. The van der Waals surface area contributed by atoms with Gasteiger partial charge in [0.15, 0.2) is 0 Å². The highest BCUT2D eigenvalue weighted by Gasteiger charge is 2.51. The van der Waals surface area contributed by atoms with Crippen molar-refractivity contribution in [3.8, 4) is 0 Å². The zero-order valence-corrected chi connectivity index (χ0v) is 20.5. The summed E-state index contributed by atoms with van der Waals surface area (Å²) < 4.78 is 42.1. The number of carbonyl (C=O) groups is 1. The van der Waals surface area contributed by atoms with Gasteiger partial charge in [-0.3, -0.25) is 4.79 Å².